The van der Waals surface area contributed by atoms with Crippen molar-refractivity contribution in [3.63, 3.8) is 0 Å². The summed E-state index contributed by atoms with van der Waals surface area (Å²) < 4.78 is 46.1. The summed E-state index contributed by atoms with van der Waals surface area (Å²) >= 11 is 6.15. The largest absolute Gasteiger partial charge is 0.470 e. The molecule has 2 aliphatic rings. The van der Waals surface area contributed by atoms with Crippen molar-refractivity contribution in [2.24, 2.45) is 17.3 Å². The predicted molar refractivity (Wildman–Crippen MR) is 171 cm³/mol. The average molecular weight is 676 g/mol. The van der Waals surface area contributed by atoms with Crippen molar-refractivity contribution < 1.29 is 36.8 Å². The van der Waals surface area contributed by atoms with E-state index < -0.39 is 26.8 Å². The first-order valence-electron chi connectivity index (χ1n) is 15.3. The molecule has 1 aromatic heterocycles. The van der Waals surface area contributed by atoms with Gasteiger partial charge in [-0.25, -0.2) is 13.0 Å². The van der Waals surface area contributed by atoms with Gasteiger partial charge in [0.15, 0.2) is 0 Å². The van der Waals surface area contributed by atoms with Gasteiger partial charge in [0.25, 0.3) is 10.9 Å². The summed E-state index contributed by atoms with van der Waals surface area (Å²) in [6, 6.07) is 7.65. The van der Waals surface area contributed by atoms with Crippen LogP contribution in [0.2, 0.25) is 0 Å². The molecule has 11 nitrogen and oxygen atoms in total. The number of aromatic nitrogens is 2. The lowest BCUT2D eigenvalue weighted by Gasteiger charge is -2.44. The van der Waals surface area contributed by atoms with E-state index in [-0.39, 0.29) is 54.3 Å². The van der Waals surface area contributed by atoms with Crippen molar-refractivity contribution in [2.75, 3.05) is 38.7 Å². The lowest BCUT2D eigenvalue weighted by atomic mass is 9.61. The Morgan fingerprint density at radius 1 is 1.11 bits per heavy atom. The summed E-state index contributed by atoms with van der Waals surface area (Å²) in [6.07, 6.45) is 5.23. The number of hydrogen-bond acceptors (Lipinski definition) is 11. The molecule has 0 radical (unpaired) electrons. The Bertz CT molecular complexity index is 1510. The van der Waals surface area contributed by atoms with Crippen LogP contribution in [0.3, 0.4) is 0 Å². The Labute approximate surface area is 275 Å². The topological polar surface area (TPSA) is 138 Å². The Morgan fingerprint density at radius 2 is 1.85 bits per heavy atom. The van der Waals surface area contributed by atoms with Crippen LogP contribution in [0.1, 0.15) is 45.4 Å². The lowest BCUT2D eigenvalue weighted by Crippen LogP contribution is -2.36. The molecule has 1 saturated carbocycles. The maximum atomic E-state index is 12.7. The monoisotopic (exact) mass is 675 g/mol. The fraction of sp³-hybridized carbons (Fsp3) is 0.515. The van der Waals surface area contributed by atoms with Crippen molar-refractivity contribution in [3.05, 3.63) is 67.3 Å². The second-order valence-electron chi connectivity index (χ2n) is 12.1. The van der Waals surface area contributed by atoms with E-state index in [1.807, 2.05) is 6.08 Å². The van der Waals surface area contributed by atoms with Crippen LogP contribution in [-0.4, -0.2) is 80.4 Å². The molecule has 0 amide bonds. The Balaban J connectivity index is 1.13. The van der Waals surface area contributed by atoms with Gasteiger partial charge < -0.3 is 14.2 Å². The number of nitrogens with zero attached hydrogens (tertiary/aromatic N) is 3. The minimum absolute atomic E-state index is 0.00391. The second-order valence-corrected chi connectivity index (χ2v) is 14.2. The van der Waals surface area contributed by atoms with Crippen molar-refractivity contribution >= 4 is 33.4 Å². The number of halogens is 1. The number of carbonyl (C=O) groups excluding carboxylic acids is 2. The molecule has 2 heterocycles. The molecule has 4 rings (SSSR count). The Morgan fingerprint density at radius 3 is 2.57 bits per heavy atom. The highest BCUT2D eigenvalue weighted by Gasteiger charge is 2.40. The second kappa shape index (κ2) is 15.9. The Hall–Kier alpha value is -3.48. The normalized spacial score (nSPS) is 23.4. The molecule has 0 bridgehead atoms. The smallest absolute Gasteiger partial charge is 0.306 e. The number of rotatable bonds is 16. The molecule has 46 heavy (non-hydrogen) atoms. The number of likely N-dealkylation sites (tertiary alicyclic amines) is 1. The van der Waals surface area contributed by atoms with E-state index in [0.29, 0.717) is 24.8 Å². The van der Waals surface area contributed by atoms with E-state index in [9.17, 15) is 18.0 Å². The molecule has 1 saturated heterocycles. The van der Waals surface area contributed by atoms with Gasteiger partial charge in [0.05, 0.1) is 17.7 Å². The van der Waals surface area contributed by atoms with E-state index in [0.717, 1.165) is 37.9 Å². The molecule has 0 N–H and O–H groups in total. The highest BCUT2D eigenvalue weighted by atomic mass is 35.5. The maximum Gasteiger partial charge on any atom is 0.306 e. The first-order valence-corrected chi connectivity index (χ1v) is 17.4. The quantitative estimate of drug-likeness (QED) is 0.101. The van der Waals surface area contributed by atoms with Crippen LogP contribution in [0.25, 0.3) is 0 Å². The molecule has 1 aliphatic carbocycles. The van der Waals surface area contributed by atoms with E-state index in [4.69, 9.17) is 25.8 Å². The summed E-state index contributed by atoms with van der Waals surface area (Å²) in [5, 5.41) is 6.47. The average Bonchev–Trinajstić information content (AvgIpc) is 3.72. The summed E-state index contributed by atoms with van der Waals surface area (Å²) in [7, 11) is -4.00. The minimum atomic E-state index is -4.00. The van der Waals surface area contributed by atoms with Gasteiger partial charge in [0.2, 0.25) is 9.84 Å². The fourth-order valence-electron chi connectivity index (χ4n) is 6.08. The lowest BCUT2D eigenvalue weighted by molar-refractivity contribution is -0.153. The van der Waals surface area contributed by atoms with E-state index in [2.05, 4.69) is 46.5 Å². The van der Waals surface area contributed by atoms with Gasteiger partial charge in [-0.2, -0.15) is 0 Å². The van der Waals surface area contributed by atoms with Crippen LogP contribution in [0.5, 0.6) is 5.88 Å². The number of sulfone groups is 1. The zero-order valence-electron chi connectivity index (χ0n) is 26.2. The van der Waals surface area contributed by atoms with E-state index >= 15 is 0 Å². The molecule has 2 aromatic rings. The highest BCUT2D eigenvalue weighted by molar-refractivity contribution is 7.91. The number of esters is 2. The first kappa shape index (κ1) is 35.4. The molecule has 4 atom stereocenters. The maximum absolute atomic E-state index is 12.7. The SMILES string of the molecule is C=C[C@]1(C)CC[C@@H](C(=C)CN2CC[C@H](OC(=O)CCC(=O)OCCOc3nonc3S(=O)(=O)c3ccccc3)C2)C[C@H]1C(=C)CCl. The number of hydrogen-bond donors (Lipinski definition) is 0. The zero-order valence-corrected chi connectivity index (χ0v) is 27.8. The van der Waals surface area contributed by atoms with Crippen molar-refractivity contribution in [2.45, 2.75) is 61.5 Å². The Kier molecular flexibility index (Phi) is 12.2. The van der Waals surface area contributed by atoms with Gasteiger partial charge in [0.1, 0.15) is 19.3 Å². The van der Waals surface area contributed by atoms with Gasteiger partial charge in [-0.15, -0.1) is 18.2 Å². The number of allylic oxidation sites excluding steroid dienone is 2. The van der Waals surface area contributed by atoms with Crippen molar-refractivity contribution in [1.82, 2.24) is 15.2 Å². The molecule has 1 aromatic carbocycles. The van der Waals surface area contributed by atoms with Crippen LogP contribution in [0.15, 0.2) is 81.8 Å². The fourth-order valence-corrected chi connectivity index (χ4v) is 7.46. The number of carbonyl (C=O) groups is 2. The number of ether oxygens (including phenoxy) is 3. The molecule has 1 aliphatic heterocycles. The third-order valence-corrected chi connectivity index (χ3v) is 10.9. The molecule has 0 spiro atoms. The van der Waals surface area contributed by atoms with E-state index in [1.165, 1.54) is 17.7 Å². The van der Waals surface area contributed by atoms with Crippen LogP contribution in [-0.2, 0) is 28.9 Å². The van der Waals surface area contributed by atoms with Gasteiger partial charge in [0, 0.05) is 25.5 Å². The first-order chi connectivity index (χ1) is 22.0. The molecular weight excluding hydrogens is 634 g/mol. The third kappa shape index (κ3) is 8.86. The van der Waals surface area contributed by atoms with Crippen LogP contribution >= 0.6 is 11.6 Å². The van der Waals surface area contributed by atoms with Gasteiger partial charge in [-0.3, -0.25) is 14.5 Å². The molecule has 13 heteroatoms. The van der Waals surface area contributed by atoms with Crippen LogP contribution < -0.4 is 4.74 Å². The van der Waals surface area contributed by atoms with Gasteiger partial charge >= 0.3 is 11.9 Å². The summed E-state index contributed by atoms with van der Waals surface area (Å²) in [5.41, 5.74) is 2.21. The molecule has 250 valence electrons. The standard InChI is InChI=1S/C33H42ClN3O8S/c1-5-33(4)15-13-25(19-28(33)23(2)20-34)24(3)21-37-16-14-26(22-37)44-30(39)12-11-29(38)42-17-18-43-31-32(36-45-35-31)46(40,41)27-9-7-6-8-10-27/h5-10,25-26,28H,1-3,11-22H2,4H3/t25-,26+,28+,33-/m1/s1. The summed E-state index contributed by atoms with van der Waals surface area (Å²) in [4.78, 5) is 26.8. The highest BCUT2D eigenvalue weighted by Crippen LogP contribution is 2.49. The van der Waals surface area contributed by atoms with Gasteiger partial charge in [-0.1, -0.05) is 55.5 Å². The minimum Gasteiger partial charge on any atom is -0.470 e. The summed E-state index contributed by atoms with van der Waals surface area (Å²) in [5.74, 6) is -0.351. The van der Waals surface area contributed by atoms with Crippen molar-refractivity contribution in [3.8, 4) is 5.88 Å². The van der Waals surface area contributed by atoms with E-state index in [1.54, 1.807) is 18.2 Å². The van der Waals surface area contributed by atoms with Crippen molar-refractivity contribution in [1.29, 1.82) is 0 Å². The van der Waals surface area contributed by atoms with Gasteiger partial charge in [-0.05, 0) is 65.4 Å². The predicted octanol–water partition coefficient (Wildman–Crippen LogP) is 5.18. The zero-order chi connectivity index (χ0) is 33.3. The number of benzene rings is 1. The molecule has 2 fully saturated rings. The molecular formula is C33H42ClN3O8S. The third-order valence-electron chi connectivity index (χ3n) is 8.87. The van der Waals surface area contributed by atoms with Crippen LogP contribution in [0.4, 0.5) is 0 Å². The number of alkyl halides is 1. The van der Waals surface area contributed by atoms with Crippen LogP contribution in [0, 0.1) is 17.3 Å². The summed E-state index contributed by atoms with van der Waals surface area (Å²) in [6.45, 7) is 16.7. The molecule has 0 unspecified atom stereocenters.